The molecule has 18 heavy (non-hydrogen) atoms. The fourth-order valence-electron chi connectivity index (χ4n) is 1.85. The molecule has 2 rings (SSSR count). The summed E-state index contributed by atoms with van der Waals surface area (Å²) < 4.78 is 11.8. The molecule has 5 heteroatoms. The van der Waals surface area contributed by atoms with Gasteiger partial charge in [0.25, 0.3) is 0 Å². The average molecular weight is 314 g/mol. The zero-order valence-corrected chi connectivity index (χ0v) is 11.7. The summed E-state index contributed by atoms with van der Waals surface area (Å²) in [6.07, 6.45) is 0.814. The van der Waals surface area contributed by atoms with Crippen LogP contribution in [-0.2, 0) is 4.74 Å². The van der Waals surface area contributed by atoms with Gasteiger partial charge in [-0.25, -0.2) is 0 Å². The van der Waals surface area contributed by atoms with Crippen LogP contribution in [0, 0.1) is 0 Å². The van der Waals surface area contributed by atoms with Gasteiger partial charge in [0, 0.05) is 24.1 Å². The van der Waals surface area contributed by atoms with Crippen molar-refractivity contribution in [1.82, 2.24) is 4.90 Å². The van der Waals surface area contributed by atoms with Crippen molar-refractivity contribution in [3.05, 3.63) is 28.2 Å². The molecule has 0 aliphatic carbocycles. The van der Waals surface area contributed by atoms with E-state index in [1.807, 2.05) is 12.1 Å². The number of carbonyl (C=O) groups excluding carboxylic acids is 1. The van der Waals surface area contributed by atoms with E-state index in [1.54, 1.807) is 6.07 Å². The molecule has 0 bridgehead atoms. The number of benzene rings is 1. The molecule has 0 aromatic heterocycles. The molecule has 0 unspecified atom stereocenters. The summed E-state index contributed by atoms with van der Waals surface area (Å²) >= 11 is 3.33. The first-order valence-electron chi connectivity index (χ1n) is 5.97. The maximum absolute atomic E-state index is 10.9. The van der Waals surface area contributed by atoms with Gasteiger partial charge in [-0.2, -0.15) is 0 Å². The van der Waals surface area contributed by atoms with Crippen molar-refractivity contribution < 1.29 is 14.3 Å². The first kappa shape index (κ1) is 13.5. The predicted octanol–water partition coefficient (Wildman–Crippen LogP) is 1.97. The quantitative estimate of drug-likeness (QED) is 0.779. The minimum atomic E-state index is 0.575. The number of ether oxygens (including phenoxy) is 2. The largest absolute Gasteiger partial charge is 0.492 e. The second-order valence-corrected chi connectivity index (χ2v) is 5.02. The van der Waals surface area contributed by atoms with Gasteiger partial charge in [0.2, 0.25) is 0 Å². The van der Waals surface area contributed by atoms with Gasteiger partial charge in [0.1, 0.15) is 12.4 Å². The molecule has 1 aliphatic heterocycles. The summed E-state index contributed by atoms with van der Waals surface area (Å²) in [5.74, 6) is 0.640. The number of rotatable bonds is 5. The molecular weight excluding hydrogens is 298 g/mol. The zero-order chi connectivity index (χ0) is 12.8. The highest BCUT2D eigenvalue weighted by atomic mass is 79.9. The summed E-state index contributed by atoms with van der Waals surface area (Å²) in [6, 6.07) is 5.45. The Balaban J connectivity index is 1.84. The molecule has 98 valence electrons. The fraction of sp³-hybridized carbons (Fsp3) is 0.462. The summed E-state index contributed by atoms with van der Waals surface area (Å²) in [7, 11) is 0. The molecule has 1 saturated heterocycles. The van der Waals surface area contributed by atoms with Crippen molar-refractivity contribution >= 4 is 22.2 Å². The maximum atomic E-state index is 10.9. The van der Waals surface area contributed by atoms with Crippen molar-refractivity contribution in [2.24, 2.45) is 0 Å². The molecule has 0 atom stereocenters. The van der Waals surface area contributed by atoms with E-state index < -0.39 is 0 Å². The molecular formula is C13H16BrNO3. The van der Waals surface area contributed by atoms with E-state index in [0.717, 1.165) is 43.6 Å². The lowest BCUT2D eigenvalue weighted by Crippen LogP contribution is -2.38. The van der Waals surface area contributed by atoms with Crippen LogP contribution in [0.25, 0.3) is 0 Å². The first-order valence-corrected chi connectivity index (χ1v) is 6.76. The Kier molecular flexibility index (Phi) is 5.16. The molecule has 1 fully saturated rings. The summed E-state index contributed by atoms with van der Waals surface area (Å²) in [5, 5.41) is 0. The monoisotopic (exact) mass is 313 g/mol. The van der Waals surface area contributed by atoms with E-state index in [9.17, 15) is 4.79 Å². The van der Waals surface area contributed by atoms with Crippen molar-refractivity contribution in [1.29, 1.82) is 0 Å². The lowest BCUT2D eigenvalue weighted by atomic mass is 10.2. The lowest BCUT2D eigenvalue weighted by Gasteiger charge is -2.26. The number of carbonyl (C=O) groups is 1. The Hall–Kier alpha value is -0.910. The summed E-state index contributed by atoms with van der Waals surface area (Å²) in [6.45, 7) is 4.92. The molecule has 1 aliphatic rings. The van der Waals surface area contributed by atoms with E-state index in [-0.39, 0.29) is 0 Å². The highest BCUT2D eigenvalue weighted by Gasteiger charge is 2.10. The third-order valence-corrected chi connectivity index (χ3v) is 3.36. The van der Waals surface area contributed by atoms with Gasteiger partial charge in [-0.15, -0.1) is 0 Å². The Bertz CT molecular complexity index is 405. The number of aldehydes is 1. The molecule has 4 nitrogen and oxygen atoms in total. The molecule has 0 saturated carbocycles. The van der Waals surface area contributed by atoms with Crippen molar-refractivity contribution in [3.63, 3.8) is 0 Å². The summed E-state index contributed by atoms with van der Waals surface area (Å²) in [4.78, 5) is 13.2. The van der Waals surface area contributed by atoms with Gasteiger partial charge in [-0.1, -0.05) is 15.9 Å². The second-order valence-electron chi connectivity index (χ2n) is 4.10. The third-order valence-electron chi connectivity index (χ3n) is 2.87. The molecule has 0 N–H and O–H groups in total. The van der Waals surface area contributed by atoms with Gasteiger partial charge in [-0.3, -0.25) is 9.69 Å². The van der Waals surface area contributed by atoms with Crippen molar-refractivity contribution in [2.75, 3.05) is 39.5 Å². The minimum Gasteiger partial charge on any atom is -0.492 e. The van der Waals surface area contributed by atoms with Crippen LogP contribution in [0.1, 0.15) is 10.4 Å². The normalized spacial score (nSPS) is 16.5. The molecule has 1 aromatic rings. The van der Waals surface area contributed by atoms with Crippen LogP contribution in [0.15, 0.2) is 22.7 Å². The van der Waals surface area contributed by atoms with Crippen LogP contribution >= 0.6 is 15.9 Å². The van der Waals surface area contributed by atoms with Gasteiger partial charge in [-0.05, 0) is 18.2 Å². The van der Waals surface area contributed by atoms with E-state index >= 15 is 0 Å². The average Bonchev–Trinajstić information content (AvgIpc) is 2.41. The number of morpholine rings is 1. The van der Waals surface area contributed by atoms with Gasteiger partial charge in [0.15, 0.2) is 6.29 Å². The first-order chi connectivity index (χ1) is 8.79. The van der Waals surface area contributed by atoms with Crippen LogP contribution < -0.4 is 4.74 Å². The Morgan fingerprint density at radius 2 is 2.17 bits per heavy atom. The molecule has 0 radical (unpaired) electrons. The summed E-state index contributed by atoms with van der Waals surface area (Å²) in [5.41, 5.74) is 0.575. The predicted molar refractivity (Wildman–Crippen MR) is 72.3 cm³/mol. The van der Waals surface area contributed by atoms with Crippen LogP contribution in [0.3, 0.4) is 0 Å². The maximum Gasteiger partial charge on any atom is 0.153 e. The van der Waals surface area contributed by atoms with E-state index in [4.69, 9.17) is 9.47 Å². The van der Waals surface area contributed by atoms with Gasteiger partial charge >= 0.3 is 0 Å². The number of hydrogen-bond donors (Lipinski definition) is 0. The van der Waals surface area contributed by atoms with E-state index in [2.05, 4.69) is 20.8 Å². The van der Waals surface area contributed by atoms with Gasteiger partial charge in [0.05, 0.1) is 18.8 Å². The standard InChI is InChI=1S/C13H16BrNO3/c14-12-1-2-13(11(9-12)10-16)18-8-5-15-3-6-17-7-4-15/h1-2,9-10H,3-8H2. The van der Waals surface area contributed by atoms with Crippen molar-refractivity contribution in [3.8, 4) is 5.75 Å². The van der Waals surface area contributed by atoms with Crippen LogP contribution in [0.4, 0.5) is 0 Å². The molecule has 0 amide bonds. The smallest absolute Gasteiger partial charge is 0.153 e. The highest BCUT2D eigenvalue weighted by molar-refractivity contribution is 9.10. The minimum absolute atomic E-state index is 0.575. The number of hydrogen-bond acceptors (Lipinski definition) is 4. The zero-order valence-electron chi connectivity index (χ0n) is 10.1. The SMILES string of the molecule is O=Cc1cc(Br)ccc1OCCN1CCOCC1. The topological polar surface area (TPSA) is 38.8 Å². The highest BCUT2D eigenvalue weighted by Crippen LogP contribution is 2.21. The van der Waals surface area contributed by atoms with Crippen LogP contribution in [0.2, 0.25) is 0 Å². The Morgan fingerprint density at radius 1 is 1.39 bits per heavy atom. The van der Waals surface area contributed by atoms with Crippen molar-refractivity contribution in [2.45, 2.75) is 0 Å². The lowest BCUT2D eigenvalue weighted by molar-refractivity contribution is 0.0322. The van der Waals surface area contributed by atoms with Crippen LogP contribution in [-0.4, -0.2) is 50.6 Å². The Morgan fingerprint density at radius 3 is 2.89 bits per heavy atom. The third kappa shape index (κ3) is 3.80. The number of nitrogens with zero attached hydrogens (tertiary/aromatic N) is 1. The van der Waals surface area contributed by atoms with E-state index in [0.29, 0.717) is 17.9 Å². The molecule has 1 heterocycles. The molecule has 0 spiro atoms. The van der Waals surface area contributed by atoms with E-state index in [1.165, 1.54) is 0 Å². The van der Waals surface area contributed by atoms with Gasteiger partial charge < -0.3 is 9.47 Å². The Labute approximate surface area is 115 Å². The van der Waals surface area contributed by atoms with Crippen LogP contribution in [0.5, 0.6) is 5.75 Å². The number of halogens is 1. The molecule has 1 aromatic carbocycles. The fourth-order valence-corrected chi connectivity index (χ4v) is 2.23. The second kappa shape index (κ2) is 6.87.